The highest BCUT2D eigenvalue weighted by atomic mass is 79.9. The van der Waals surface area contributed by atoms with Crippen LogP contribution < -0.4 is 4.74 Å². The van der Waals surface area contributed by atoms with Crippen molar-refractivity contribution in [2.75, 3.05) is 7.11 Å². The fraction of sp³-hybridized carbons (Fsp3) is 0.176. The molecule has 0 amide bonds. The second-order valence-electron chi connectivity index (χ2n) is 4.70. The van der Waals surface area contributed by atoms with Gasteiger partial charge in [-0.25, -0.2) is 9.78 Å². The number of hydrogen-bond donors (Lipinski definition) is 1. The molecule has 1 N–H and O–H groups in total. The Morgan fingerprint density at radius 1 is 1.26 bits per heavy atom. The van der Waals surface area contributed by atoms with Gasteiger partial charge in [0.25, 0.3) is 0 Å². The summed E-state index contributed by atoms with van der Waals surface area (Å²) in [6.07, 6.45) is 1.64. The Morgan fingerprint density at radius 3 is 2.61 bits per heavy atom. The number of carboxylic acids is 1. The third-order valence-electron chi connectivity index (χ3n) is 3.23. The van der Waals surface area contributed by atoms with E-state index in [1.165, 1.54) is 7.11 Å². The molecule has 0 fully saturated rings. The number of allylic oxidation sites excluding steroid dienone is 1. The molecule has 2 aromatic rings. The summed E-state index contributed by atoms with van der Waals surface area (Å²) in [7, 11) is 1.45. The number of ether oxygens (including phenoxy) is 2. The van der Waals surface area contributed by atoms with E-state index in [4.69, 9.17) is 9.47 Å². The maximum atomic E-state index is 11.6. The van der Waals surface area contributed by atoms with Crippen LogP contribution in [0.4, 0.5) is 0 Å². The van der Waals surface area contributed by atoms with E-state index < -0.39 is 5.97 Å². The van der Waals surface area contributed by atoms with Gasteiger partial charge in [0, 0.05) is 16.7 Å². The maximum Gasteiger partial charge on any atom is 0.339 e. The zero-order chi connectivity index (χ0) is 16.8. The van der Waals surface area contributed by atoms with Crippen LogP contribution in [0.2, 0.25) is 0 Å². The van der Waals surface area contributed by atoms with Crippen LogP contribution in [0.1, 0.15) is 18.1 Å². The second kappa shape index (κ2) is 7.78. The average molecular weight is 378 g/mol. The lowest BCUT2D eigenvalue weighted by Gasteiger charge is -2.13. The molecule has 1 heterocycles. The minimum Gasteiger partial charge on any atom is -0.500 e. The van der Waals surface area contributed by atoms with Gasteiger partial charge in [-0.15, -0.1) is 0 Å². The van der Waals surface area contributed by atoms with E-state index in [1.54, 1.807) is 31.3 Å². The van der Waals surface area contributed by atoms with Gasteiger partial charge in [-0.3, -0.25) is 0 Å². The largest absolute Gasteiger partial charge is 0.500 e. The first kappa shape index (κ1) is 17.0. The smallest absolute Gasteiger partial charge is 0.339 e. The van der Waals surface area contributed by atoms with E-state index in [0.717, 1.165) is 10.0 Å². The van der Waals surface area contributed by atoms with E-state index in [1.807, 2.05) is 18.2 Å². The van der Waals surface area contributed by atoms with E-state index in [0.29, 0.717) is 17.2 Å². The van der Waals surface area contributed by atoms with Gasteiger partial charge in [0.1, 0.15) is 17.9 Å². The molecule has 2 rings (SSSR count). The first-order valence-electron chi connectivity index (χ1n) is 6.83. The van der Waals surface area contributed by atoms with Gasteiger partial charge in [-0.1, -0.05) is 24.3 Å². The summed E-state index contributed by atoms with van der Waals surface area (Å²) in [6, 6.07) is 10.7. The summed E-state index contributed by atoms with van der Waals surface area (Å²) < 4.78 is 11.6. The van der Waals surface area contributed by atoms with Gasteiger partial charge in [0.05, 0.1) is 7.11 Å². The third-order valence-corrected chi connectivity index (χ3v) is 3.70. The number of carboxylic acid groups (broad SMARTS) is 1. The van der Waals surface area contributed by atoms with E-state index >= 15 is 0 Å². The molecule has 1 aromatic heterocycles. The molecule has 0 radical (unpaired) electrons. The van der Waals surface area contributed by atoms with Crippen molar-refractivity contribution in [2.45, 2.75) is 13.5 Å². The predicted octanol–water partition coefficient (Wildman–Crippen LogP) is 3.89. The normalized spacial score (nSPS) is 11.6. The zero-order valence-electron chi connectivity index (χ0n) is 12.7. The maximum absolute atomic E-state index is 11.6. The van der Waals surface area contributed by atoms with Crippen LogP contribution in [0.5, 0.6) is 5.88 Å². The fourth-order valence-electron chi connectivity index (χ4n) is 2.05. The number of benzene rings is 1. The molecule has 1 aromatic carbocycles. The number of carbonyl (C=O) groups is 1. The van der Waals surface area contributed by atoms with Crippen LogP contribution in [0.3, 0.4) is 0 Å². The Balaban J connectivity index is 2.30. The van der Waals surface area contributed by atoms with E-state index in [9.17, 15) is 9.90 Å². The van der Waals surface area contributed by atoms with Crippen molar-refractivity contribution in [1.82, 2.24) is 4.98 Å². The highest BCUT2D eigenvalue weighted by Crippen LogP contribution is 2.24. The summed E-state index contributed by atoms with van der Waals surface area (Å²) in [4.78, 5) is 15.7. The van der Waals surface area contributed by atoms with Gasteiger partial charge in [0.15, 0.2) is 0 Å². The molecule has 0 spiro atoms. The monoisotopic (exact) mass is 377 g/mol. The quantitative estimate of drug-likeness (QED) is 0.610. The van der Waals surface area contributed by atoms with Crippen molar-refractivity contribution >= 4 is 27.5 Å². The Bertz CT molecular complexity index is 726. The molecule has 0 saturated carbocycles. The van der Waals surface area contributed by atoms with Crippen LogP contribution in [0, 0.1) is 0 Å². The summed E-state index contributed by atoms with van der Waals surface area (Å²) in [5, 5.41) is 9.47. The Kier molecular flexibility index (Phi) is 5.76. The molecule has 0 aliphatic rings. The average Bonchev–Trinajstić information content (AvgIpc) is 2.55. The van der Waals surface area contributed by atoms with Crippen molar-refractivity contribution in [2.24, 2.45) is 0 Å². The zero-order valence-corrected chi connectivity index (χ0v) is 14.3. The molecule has 23 heavy (non-hydrogen) atoms. The van der Waals surface area contributed by atoms with Gasteiger partial charge in [-0.05, 0) is 40.0 Å². The van der Waals surface area contributed by atoms with E-state index in [2.05, 4.69) is 20.9 Å². The lowest BCUT2D eigenvalue weighted by atomic mass is 9.99. The number of aliphatic carboxylic acids is 1. The molecule has 0 aliphatic heterocycles. The van der Waals surface area contributed by atoms with Gasteiger partial charge in [0.2, 0.25) is 5.88 Å². The summed E-state index contributed by atoms with van der Waals surface area (Å²) in [5.74, 6) is -0.238. The molecular weight excluding hydrogens is 362 g/mol. The van der Waals surface area contributed by atoms with Gasteiger partial charge >= 0.3 is 5.97 Å². The molecule has 0 aliphatic carbocycles. The minimum absolute atomic E-state index is 0.121. The highest BCUT2D eigenvalue weighted by molar-refractivity contribution is 9.10. The Morgan fingerprint density at radius 2 is 2.00 bits per heavy atom. The van der Waals surface area contributed by atoms with Crippen molar-refractivity contribution in [3.63, 3.8) is 0 Å². The number of pyridine rings is 1. The van der Waals surface area contributed by atoms with Crippen LogP contribution >= 0.6 is 15.9 Å². The Labute approximate surface area is 142 Å². The van der Waals surface area contributed by atoms with Crippen molar-refractivity contribution < 1.29 is 19.4 Å². The molecule has 0 bridgehead atoms. The number of nitrogens with zero attached hydrogens (tertiary/aromatic N) is 1. The number of methoxy groups -OCH3 is 1. The van der Waals surface area contributed by atoms with Gasteiger partial charge in [-0.2, -0.15) is 0 Å². The number of hydrogen-bond acceptors (Lipinski definition) is 4. The van der Waals surface area contributed by atoms with Crippen LogP contribution in [-0.4, -0.2) is 23.2 Å². The highest BCUT2D eigenvalue weighted by Gasteiger charge is 2.18. The molecular formula is C17H16BrNO4. The molecule has 0 saturated heterocycles. The van der Waals surface area contributed by atoms with Gasteiger partial charge < -0.3 is 14.6 Å². The summed E-state index contributed by atoms with van der Waals surface area (Å²) >= 11 is 3.31. The standard InChI is InChI=1S/C17H16BrNO4/c1-11(22-2)16(17(20)21)14-6-4-3-5-12(14)10-23-15-8-7-13(18)9-19-15/h3-9H,10H2,1-2H3,(H,20,21). The van der Waals surface area contributed by atoms with Crippen molar-refractivity contribution in [3.8, 4) is 5.88 Å². The lowest BCUT2D eigenvalue weighted by Crippen LogP contribution is -2.08. The lowest BCUT2D eigenvalue weighted by molar-refractivity contribution is -0.130. The fourth-order valence-corrected chi connectivity index (χ4v) is 2.28. The third kappa shape index (κ3) is 4.32. The molecule has 0 atom stereocenters. The molecule has 6 heteroatoms. The number of halogens is 1. The predicted molar refractivity (Wildman–Crippen MR) is 89.9 cm³/mol. The molecule has 0 unspecified atom stereocenters. The van der Waals surface area contributed by atoms with Crippen LogP contribution in [-0.2, 0) is 16.1 Å². The summed E-state index contributed by atoms with van der Waals surface area (Å²) in [5.41, 5.74) is 1.43. The second-order valence-corrected chi connectivity index (χ2v) is 5.62. The van der Waals surface area contributed by atoms with Crippen LogP contribution in [0.25, 0.3) is 5.57 Å². The molecule has 120 valence electrons. The van der Waals surface area contributed by atoms with Crippen LogP contribution in [0.15, 0.2) is 52.8 Å². The SMILES string of the molecule is COC(C)=C(C(=O)O)c1ccccc1COc1ccc(Br)cn1. The first-order chi connectivity index (χ1) is 11.0. The first-order valence-corrected chi connectivity index (χ1v) is 7.63. The topological polar surface area (TPSA) is 68.7 Å². The number of rotatable bonds is 6. The van der Waals surface area contributed by atoms with Crippen molar-refractivity contribution in [1.29, 1.82) is 0 Å². The Hall–Kier alpha value is -2.34. The van der Waals surface area contributed by atoms with Crippen molar-refractivity contribution in [3.05, 3.63) is 64.0 Å². The van der Waals surface area contributed by atoms with E-state index in [-0.39, 0.29) is 12.2 Å². The summed E-state index contributed by atoms with van der Waals surface area (Å²) in [6.45, 7) is 1.83. The minimum atomic E-state index is -1.04. The molecule has 5 nitrogen and oxygen atoms in total. The number of aromatic nitrogens is 1.